The highest BCUT2D eigenvalue weighted by molar-refractivity contribution is 6.24. The third kappa shape index (κ3) is 4.47. The molecule has 12 aromatic rings. The van der Waals surface area contributed by atoms with Gasteiger partial charge in [-0.3, -0.25) is 4.57 Å². The topological polar surface area (TPSA) is 35.6 Å². The van der Waals surface area contributed by atoms with Crippen molar-refractivity contribution in [1.29, 1.82) is 0 Å². The quantitative estimate of drug-likeness (QED) is 0.170. The summed E-state index contributed by atoms with van der Waals surface area (Å²) in [6, 6.07) is 69.4. The van der Waals surface area contributed by atoms with E-state index in [0.717, 1.165) is 55.6 Å². The Labute approximate surface area is 322 Å². The first-order valence-electron chi connectivity index (χ1n) is 19.1. The van der Waals surface area contributed by atoms with E-state index in [-0.39, 0.29) is 0 Å². The molecule has 0 unspecified atom stereocenters. The van der Waals surface area contributed by atoms with E-state index in [0.29, 0.717) is 0 Å². The number of benzene rings is 9. The van der Waals surface area contributed by atoms with Crippen LogP contribution in [0.5, 0.6) is 0 Å². The molecule has 12 rings (SSSR count). The smallest absolute Gasteiger partial charge is 0.165 e. The number of fused-ring (bicyclic) bond motifs is 12. The lowest BCUT2D eigenvalue weighted by Gasteiger charge is -2.16. The van der Waals surface area contributed by atoms with Crippen LogP contribution in [0.15, 0.2) is 194 Å². The highest BCUT2D eigenvalue weighted by Gasteiger charge is 2.23. The molecule has 0 N–H and O–H groups in total. The van der Waals surface area contributed by atoms with Crippen molar-refractivity contribution >= 4 is 76.2 Å². The van der Waals surface area contributed by atoms with E-state index in [2.05, 4.69) is 203 Å². The molecule has 260 valence electrons. The van der Waals surface area contributed by atoms with Crippen LogP contribution in [-0.2, 0) is 0 Å². The van der Waals surface area contributed by atoms with Crippen LogP contribution in [0.4, 0.5) is 0 Å². The molecule has 0 fully saturated rings. The average molecular weight is 713 g/mol. The Hall–Kier alpha value is -7.56. The number of para-hydroxylation sites is 2. The lowest BCUT2D eigenvalue weighted by molar-refractivity contribution is 1.08. The minimum atomic E-state index is 0.815. The Morgan fingerprint density at radius 1 is 0.286 bits per heavy atom. The van der Waals surface area contributed by atoms with Gasteiger partial charge < -0.3 is 4.57 Å². The summed E-state index contributed by atoms with van der Waals surface area (Å²) in [5, 5.41) is 9.30. The van der Waals surface area contributed by atoms with Crippen LogP contribution in [0.3, 0.4) is 0 Å². The van der Waals surface area contributed by atoms with E-state index >= 15 is 0 Å². The van der Waals surface area contributed by atoms with E-state index < -0.39 is 0 Å². The SMILES string of the molecule is c1ccc(-c2ccc(-n3c4ccccc4c4cc5c(cc43)c3ccccc3n5-c3nc4c5ccccc5c5ccccc5c4nc3-c3ccccc3)cc2)cc1. The molecule has 0 saturated carbocycles. The van der Waals surface area contributed by atoms with Crippen molar-refractivity contribution in [1.82, 2.24) is 19.1 Å². The Bertz CT molecular complexity index is 3510. The molecule has 56 heavy (non-hydrogen) atoms. The predicted molar refractivity (Wildman–Crippen MR) is 234 cm³/mol. The normalized spacial score (nSPS) is 11.9. The van der Waals surface area contributed by atoms with E-state index in [1.54, 1.807) is 0 Å². The van der Waals surface area contributed by atoms with Crippen LogP contribution in [0.2, 0.25) is 0 Å². The number of hydrogen-bond donors (Lipinski definition) is 0. The standard InChI is InChI=1S/C52H32N4/c1-3-15-33(16-4-1)34-27-29-36(30-28-34)55-45-25-13-11-21-39(45)43-32-48-44(31-47(43)55)40-22-12-14-26-46(40)56(48)52-49(35-17-5-2-6-18-35)53-50-41-23-9-7-19-37(41)38-20-8-10-24-42(38)51(50)54-52/h1-32H. The summed E-state index contributed by atoms with van der Waals surface area (Å²) in [7, 11) is 0. The second-order valence-corrected chi connectivity index (χ2v) is 14.6. The fraction of sp³-hybridized carbons (Fsp3) is 0. The van der Waals surface area contributed by atoms with Crippen molar-refractivity contribution in [2.24, 2.45) is 0 Å². The molecule has 4 nitrogen and oxygen atoms in total. The summed E-state index contributed by atoms with van der Waals surface area (Å²) in [5.74, 6) is 0.815. The Morgan fingerprint density at radius 2 is 0.714 bits per heavy atom. The maximum Gasteiger partial charge on any atom is 0.165 e. The lowest BCUT2D eigenvalue weighted by Crippen LogP contribution is -2.04. The summed E-state index contributed by atoms with van der Waals surface area (Å²) in [6.07, 6.45) is 0. The first-order valence-corrected chi connectivity index (χ1v) is 19.1. The van der Waals surface area contributed by atoms with E-state index in [4.69, 9.17) is 9.97 Å². The molecule has 9 aromatic carbocycles. The molecule has 0 radical (unpaired) electrons. The van der Waals surface area contributed by atoms with Crippen LogP contribution in [0, 0.1) is 0 Å². The summed E-state index contributed by atoms with van der Waals surface area (Å²) < 4.78 is 4.76. The maximum atomic E-state index is 5.70. The Morgan fingerprint density at radius 3 is 1.30 bits per heavy atom. The van der Waals surface area contributed by atoms with Gasteiger partial charge in [0.2, 0.25) is 0 Å². The second-order valence-electron chi connectivity index (χ2n) is 14.6. The van der Waals surface area contributed by atoms with Gasteiger partial charge >= 0.3 is 0 Å². The molecule has 0 atom stereocenters. The van der Waals surface area contributed by atoms with E-state index in [9.17, 15) is 0 Å². The number of nitrogens with zero attached hydrogens (tertiary/aromatic N) is 4. The number of aromatic nitrogens is 4. The van der Waals surface area contributed by atoms with Gasteiger partial charge in [-0.15, -0.1) is 0 Å². The maximum absolute atomic E-state index is 5.70. The van der Waals surface area contributed by atoms with Gasteiger partial charge in [0, 0.05) is 43.6 Å². The summed E-state index contributed by atoms with van der Waals surface area (Å²) >= 11 is 0. The van der Waals surface area contributed by atoms with Crippen molar-refractivity contribution in [2.45, 2.75) is 0 Å². The zero-order valence-corrected chi connectivity index (χ0v) is 30.3. The highest BCUT2D eigenvalue weighted by atomic mass is 15.1. The van der Waals surface area contributed by atoms with Crippen LogP contribution in [0.25, 0.3) is 110 Å². The third-order valence-corrected chi connectivity index (χ3v) is 11.5. The molecule has 3 heterocycles. The number of hydrogen-bond acceptors (Lipinski definition) is 2. The molecule has 0 amide bonds. The predicted octanol–water partition coefficient (Wildman–Crippen LogP) is 13.5. The van der Waals surface area contributed by atoms with Gasteiger partial charge in [0.1, 0.15) is 5.69 Å². The number of rotatable bonds is 4. The lowest BCUT2D eigenvalue weighted by atomic mass is 9.99. The van der Waals surface area contributed by atoms with Crippen molar-refractivity contribution < 1.29 is 0 Å². The molecule has 0 aliphatic carbocycles. The summed E-state index contributed by atoms with van der Waals surface area (Å²) in [4.78, 5) is 11.3. The Kier molecular flexibility index (Phi) is 6.60. The molecule has 0 spiro atoms. The van der Waals surface area contributed by atoms with Crippen LogP contribution >= 0.6 is 0 Å². The second kappa shape index (κ2) is 12.0. The average Bonchev–Trinajstić information content (AvgIpc) is 3.78. The van der Waals surface area contributed by atoms with E-state index in [1.165, 1.54) is 54.5 Å². The van der Waals surface area contributed by atoms with Crippen molar-refractivity contribution in [2.75, 3.05) is 0 Å². The zero-order chi connectivity index (χ0) is 36.7. The van der Waals surface area contributed by atoms with E-state index in [1.807, 2.05) is 0 Å². The van der Waals surface area contributed by atoms with Gasteiger partial charge in [-0.25, -0.2) is 9.97 Å². The fourth-order valence-corrected chi connectivity index (χ4v) is 8.97. The van der Waals surface area contributed by atoms with Gasteiger partial charge in [-0.05, 0) is 58.3 Å². The molecule has 0 aliphatic heterocycles. The molecule has 0 bridgehead atoms. The summed E-state index contributed by atoms with van der Waals surface area (Å²) in [5.41, 5.74) is 11.8. The van der Waals surface area contributed by atoms with Crippen LogP contribution in [0.1, 0.15) is 0 Å². The first-order chi connectivity index (χ1) is 27.8. The first kappa shape index (κ1) is 30.9. The van der Waals surface area contributed by atoms with Gasteiger partial charge in [-0.2, -0.15) is 0 Å². The van der Waals surface area contributed by atoms with Gasteiger partial charge in [0.05, 0.1) is 33.1 Å². The zero-order valence-electron chi connectivity index (χ0n) is 30.3. The minimum Gasteiger partial charge on any atom is -0.309 e. The van der Waals surface area contributed by atoms with Crippen LogP contribution < -0.4 is 0 Å². The van der Waals surface area contributed by atoms with Gasteiger partial charge in [-0.1, -0.05) is 158 Å². The van der Waals surface area contributed by atoms with Gasteiger partial charge in [0.25, 0.3) is 0 Å². The molecule has 0 saturated heterocycles. The highest BCUT2D eigenvalue weighted by Crippen LogP contribution is 2.42. The molecular formula is C52H32N4. The van der Waals surface area contributed by atoms with Crippen LogP contribution in [-0.4, -0.2) is 19.1 Å². The van der Waals surface area contributed by atoms with Crippen molar-refractivity contribution in [3.63, 3.8) is 0 Å². The molecule has 0 aliphatic rings. The molecular weight excluding hydrogens is 681 g/mol. The molecule has 3 aromatic heterocycles. The monoisotopic (exact) mass is 712 g/mol. The minimum absolute atomic E-state index is 0.815. The fourth-order valence-electron chi connectivity index (χ4n) is 8.97. The van der Waals surface area contributed by atoms with Crippen molar-refractivity contribution in [3.05, 3.63) is 194 Å². The Balaban J connectivity index is 1.19. The third-order valence-electron chi connectivity index (χ3n) is 11.5. The largest absolute Gasteiger partial charge is 0.309 e. The van der Waals surface area contributed by atoms with Crippen molar-refractivity contribution in [3.8, 4) is 33.9 Å². The summed E-state index contributed by atoms with van der Waals surface area (Å²) in [6.45, 7) is 0. The molecule has 4 heteroatoms. The van der Waals surface area contributed by atoms with Gasteiger partial charge in [0.15, 0.2) is 5.82 Å².